The van der Waals surface area contributed by atoms with E-state index in [1.165, 1.54) is 12.8 Å². The van der Waals surface area contributed by atoms with Crippen LogP contribution in [0.25, 0.3) is 0 Å². The first kappa shape index (κ1) is 21.6. The number of benzene rings is 1. The quantitative estimate of drug-likeness (QED) is 0.510. The number of allylic oxidation sites excluding steroid dienone is 2. The molecule has 2 N–H and O–H groups in total. The molecule has 6 atom stereocenters. The minimum atomic E-state index is -0.686. The molecule has 1 aromatic rings. The Labute approximate surface area is 192 Å². The molecular weight excluding hydrogens is 392 g/mol. The van der Waals surface area contributed by atoms with Crippen LogP contribution in [0.15, 0.2) is 47.6 Å². The van der Waals surface area contributed by atoms with Gasteiger partial charge in [-0.25, -0.2) is 0 Å². The van der Waals surface area contributed by atoms with Crippen LogP contribution in [0.3, 0.4) is 0 Å². The molecule has 0 radical (unpaired) electrons. The van der Waals surface area contributed by atoms with Gasteiger partial charge in [-0.15, -0.1) is 0 Å². The van der Waals surface area contributed by atoms with Gasteiger partial charge >= 0.3 is 0 Å². The Morgan fingerprint density at radius 3 is 1.41 bits per heavy atom. The minimum absolute atomic E-state index is 0.293. The molecule has 2 saturated carbocycles. The summed E-state index contributed by atoms with van der Waals surface area (Å²) in [7, 11) is 0. The second-order valence-electron chi connectivity index (χ2n) is 11.4. The van der Waals surface area contributed by atoms with Crippen molar-refractivity contribution in [2.75, 3.05) is 0 Å². The number of aliphatic hydroxyl groups is 2. The van der Waals surface area contributed by atoms with E-state index < -0.39 is 12.2 Å². The van der Waals surface area contributed by atoms with Gasteiger partial charge < -0.3 is 10.2 Å². The van der Waals surface area contributed by atoms with Gasteiger partial charge in [-0.2, -0.15) is 0 Å². The number of fused-ring (bicyclic) bond motifs is 2. The Morgan fingerprint density at radius 1 is 0.719 bits per heavy atom. The summed E-state index contributed by atoms with van der Waals surface area (Å²) in [5.41, 5.74) is 4.55. The van der Waals surface area contributed by atoms with Crippen LogP contribution in [0.4, 0.5) is 0 Å². The van der Waals surface area contributed by atoms with E-state index in [1.807, 2.05) is 24.3 Å². The van der Waals surface area contributed by atoms with Crippen molar-refractivity contribution in [1.82, 2.24) is 0 Å². The van der Waals surface area contributed by atoms with Gasteiger partial charge in [0.1, 0.15) is 12.2 Å². The Kier molecular flexibility index (Phi) is 5.16. The van der Waals surface area contributed by atoms with Crippen LogP contribution in [0.2, 0.25) is 0 Å². The monoisotopic (exact) mass is 426 g/mol. The normalized spacial score (nSPS) is 32.3. The highest BCUT2D eigenvalue weighted by Gasteiger charge is 2.53. The predicted octanol–water partition coefficient (Wildman–Crippen LogP) is 5.10. The van der Waals surface area contributed by atoms with Crippen LogP contribution < -0.4 is 0 Å². The third-order valence-electron chi connectivity index (χ3n) is 9.24. The topological polar surface area (TPSA) is 40.5 Å². The van der Waals surface area contributed by atoms with Gasteiger partial charge in [0.2, 0.25) is 0 Å². The van der Waals surface area contributed by atoms with E-state index in [2.05, 4.69) is 63.5 Å². The van der Waals surface area contributed by atoms with E-state index in [4.69, 9.17) is 0 Å². The van der Waals surface area contributed by atoms with Crippen molar-refractivity contribution in [3.63, 3.8) is 0 Å². The average molecular weight is 427 g/mol. The maximum atomic E-state index is 10.7. The highest BCUT2D eigenvalue weighted by Crippen LogP contribution is 2.60. The van der Waals surface area contributed by atoms with Crippen LogP contribution >= 0.6 is 0 Å². The van der Waals surface area contributed by atoms with Crippen LogP contribution in [0.5, 0.6) is 0 Å². The zero-order valence-electron chi connectivity index (χ0n) is 19.7. The lowest BCUT2D eigenvalue weighted by Crippen LogP contribution is -2.49. The lowest BCUT2D eigenvalue weighted by molar-refractivity contribution is -0.0169. The standard InChI is InChI=1S/C30H34O2/c1-29(2)21-11-13-23(25(29)17-21)27(31)15-9-19-5-7-20(8-6-19)10-16-28(32)24-14-12-22-18-26(24)30(22,3)4/h5-8,13-14,21-22,25-28,31-32H,11-12,17-18H2,1-4H3/t21-,22-,25-,26-,27?,28?/m0/s1. The van der Waals surface area contributed by atoms with E-state index in [0.717, 1.165) is 47.0 Å². The fourth-order valence-electron chi connectivity index (χ4n) is 6.52. The highest BCUT2D eigenvalue weighted by molar-refractivity contribution is 5.45. The highest BCUT2D eigenvalue weighted by atomic mass is 16.3. The summed E-state index contributed by atoms with van der Waals surface area (Å²) in [6.07, 6.45) is 7.54. The summed E-state index contributed by atoms with van der Waals surface area (Å²) < 4.78 is 0. The molecule has 6 aliphatic carbocycles. The molecule has 0 saturated heterocycles. The lowest BCUT2D eigenvalue weighted by atomic mass is 9.48. The second kappa shape index (κ2) is 7.66. The minimum Gasteiger partial charge on any atom is -0.376 e. The number of rotatable bonds is 2. The van der Waals surface area contributed by atoms with Crippen molar-refractivity contribution in [2.24, 2.45) is 34.5 Å². The Balaban J connectivity index is 1.23. The maximum absolute atomic E-state index is 10.7. The molecule has 2 heteroatoms. The zero-order chi connectivity index (χ0) is 22.7. The van der Waals surface area contributed by atoms with Gasteiger partial charge in [-0.3, -0.25) is 0 Å². The largest absolute Gasteiger partial charge is 0.376 e. The first-order chi connectivity index (χ1) is 15.2. The van der Waals surface area contributed by atoms with Crippen molar-refractivity contribution in [1.29, 1.82) is 0 Å². The van der Waals surface area contributed by atoms with Crippen molar-refractivity contribution in [3.8, 4) is 23.7 Å². The number of aliphatic hydroxyl groups excluding tert-OH is 2. The van der Waals surface area contributed by atoms with E-state index in [1.54, 1.807) is 0 Å². The van der Waals surface area contributed by atoms with Gasteiger partial charge in [0, 0.05) is 11.1 Å². The smallest absolute Gasteiger partial charge is 0.136 e. The number of hydrogen-bond acceptors (Lipinski definition) is 2. The summed E-state index contributed by atoms with van der Waals surface area (Å²) in [6.45, 7) is 9.24. The lowest BCUT2D eigenvalue weighted by Gasteiger charge is -2.56. The molecule has 0 spiro atoms. The molecule has 6 aliphatic rings. The molecule has 2 unspecified atom stereocenters. The molecule has 7 rings (SSSR count). The Morgan fingerprint density at radius 2 is 1.09 bits per heavy atom. The van der Waals surface area contributed by atoms with Crippen molar-refractivity contribution < 1.29 is 10.2 Å². The second-order valence-corrected chi connectivity index (χ2v) is 11.4. The van der Waals surface area contributed by atoms with Crippen molar-refractivity contribution in [3.05, 3.63) is 58.7 Å². The average Bonchev–Trinajstić information content (AvgIpc) is 2.81. The molecule has 2 nitrogen and oxygen atoms in total. The fourth-order valence-corrected chi connectivity index (χ4v) is 6.52. The van der Waals surface area contributed by atoms with Crippen LogP contribution in [0.1, 0.15) is 64.5 Å². The first-order valence-electron chi connectivity index (χ1n) is 12.1. The molecule has 0 amide bonds. The van der Waals surface area contributed by atoms with E-state index in [-0.39, 0.29) is 0 Å². The summed E-state index contributed by atoms with van der Waals surface area (Å²) in [5, 5.41) is 21.3. The summed E-state index contributed by atoms with van der Waals surface area (Å²) in [6, 6.07) is 7.75. The SMILES string of the molecule is CC1(C)[C@H]2CC=C(C(O)C#Cc3ccc(C#CC(O)C4=CC[C@H]5C[C@@H]4C5(C)C)cc3)[C@@H]1C2. The van der Waals surface area contributed by atoms with E-state index in [0.29, 0.717) is 22.7 Å². The molecule has 0 aliphatic heterocycles. The predicted molar refractivity (Wildman–Crippen MR) is 128 cm³/mol. The zero-order valence-corrected chi connectivity index (χ0v) is 19.7. The van der Waals surface area contributed by atoms with Gasteiger partial charge in [0.25, 0.3) is 0 Å². The van der Waals surface area contributed by atoms with Gasteiger partial charge in [0.05, 0.1) is 0 Å². The van der Waals surface area contributed by atoms with Gasteiger partial charge in [0.15, 0.2) is 0 Å². The van der Waals surface area contributed by atoms with Crippen LogP contribution in [-0.2, 0) is 0 Å². The Hall–Kier alpha value is -2.26. The van der Waals surface area contributed by atoms with Gasteiger partial charge in [-0.1, -0.05) is 63.5 Å². The molecule has 2 fully saturated rings. The van der Waals surface area contributed by atoms with Crippen molar-refractivity contribution >= 4 is 0 Å². The van der Waals surface area contributed by atoms with Gasteiger partial charge in [-0.05, 0) is 95.6 Å². The summed E-state index contributed by atoms with van der Waals surface area (Å²) in [5.74, 6) is 14.8. The molecule has 4 bridgehead atoms. The maximum Gasteiger partial charge on any atom is 0.136 e. The summed E-state index contributed by atoms with van der Waals surface area (Å²) in [4.78, 5) is 0. The van der Waals surface area contributed by atoms with Crippen LogP contribution in [-0.4, -0.2) is 22.4 Å². The molecule has 166 valence electrons. The van der Waals surface area contributed by atoms with E-state index in [9.17, 15) is 10.2 Å². The third-order valence-corrected chi connectivity index (χ3v) is 9.24. The molecule has 32 heavy (non-hydrogen) atoms. The third kappa shape index (κ3) is 3.46. The summed E-state index contributed by atoms with van der Waals surface area (Å²) >= 11 is 0. The Bertz CT molecular complexity index is 1000. The van der Waals surface area contributed by atoms with E-state index >= 15 is 0 Å². The first-order valence-corrected chi connectivity index (χ1v) is 12.1. The molecule has 0 heterocycles. The molecular formula is C30H34O2. The molecule has 0 aromatic heterocycles. The van der Waals surface area contributed by atoms with Crippen molar-refractivity contribution in [2.45, 2.75) is 65.6 Å². The van der Waals surface area contributed by atoms with Crippen LogP contribution in [0, 0.1) is 58.2 Å². The molecule has 1 aromatic carbocycles. The number of hydrogen-bond donors (Lipinski definition) is 2. The fraction of sp³-hybridized carbons (Fsp3) is 0.533.